The van der Waals surface area contributed by atoms with Gasteiger partial charge in [-0.3, -0.25) is 4.79 Å². The number of halogens is 1. The monoisotopic (exact) mass is 302 g/mol. The fourth-order valence-corrected chi connectivity index (χ4v) is 3.61. The molecule has 1 atom stereocenters. The number of likely N-dealkylation sites (N-methyl/N-ethyl adjacent to an activating group) is 1. The number of hydrogen-bond acceptors (Lipinski definition) is 3. The van der Waals surface area contributed by atoms with Gasteiger partial charge in [-0.1, -0.05) is 6.92 Å². The summed E-state index contributed by atoms with van der Waals surface area (Å²) < 4.78 is 0. The zero-order chi connectivity index (χ0) is 13.1. The van der Waals surface area contributed by atoms with E-state index in [1.165, 1.54) is 16.9 Å². The number of carbonyl (C=O) groups excluding carboxylic acids is 1. The fourth-order valence-electron chi connectivity index (χ4n) is 2.53. The molecule has 5 heteroatoms. The van der Waals surface area contributed by atoms with E-state index in [2.05, 4.69) is 25.2 Å². The fraction of sp³-hybridized carbons (Fsp3) is 0.643. The minimum atomic E-state index is 0. The first-order valence-corrected chi connectivity index (χ1v) is 7.53. The van der Waals surface area contributed by atoms with E-state index >= 15 is 0 Å². The number of amides is 1. The number of nitrogens with one attached hydrogen (secondary N) is 1. The second-order valence-electron chi connectivity index (χ2n) is 4.92. The maximum Gasteiger partial charge on any atom is 0.263 e. The van der Waals surface area contributed by atoms with Crippen LogP contribution in [0.2, 0.25) is 0 Å². The van der Waals surface area contributed by atoms with Crippen molar-refractivity contribution in [3.05, 3.63) is 21.4 Å². The first-order valence-electron chi connectivity index (χ1n) is 6.71. The van der Waals surface area contributed by atoms with Gasteiger partial charge < -0.3 is 10.2 Å². The largest absolute Gasteiger partial charge is 0.336 e. The van der Waals surface area contributed by atoms with E-state index in [0.717, 1.165) is 30.8 Å². The van der Waals surface area contributed by atoms with Gasteiger partial charge in [0.15, 0.2) is 0 Å². The van der Waals surface area contributed by atoms with Crippen LogP contribution in [-0.4, -0.2) is 37.0 Å². The molecule has 1 saturated heterocycles. The van der Waals surface area contributed by atoms with Gasteiger partial charge in [-0.2, -0.15) is 0 Å². The van der Waals surface area contributed by atoms with Gasteiger partial charge >= 0.3 is 0 Å². The van der Waals surface area contributed by atoms with Crippen LogP contribution in [0.25, 0.3) is 0 Å². The highest BCUT2D eigenvalue weighted by Crippen LogP contribution is 2.24. The van der Waals surface area contributed by atoms with E-state index in [4.69, 9.17) is 0 Å². The smallest absolute Gasteiger partial charge is 0.263 e. The maximum atomic E-state index is 12.5. The highest BCUT2D eigenvalue weighted by molar-refractivity contribution is 7.14. The number of rotatable bonds is 3. The normalized spacial score (nSPS) is 19.1. The zero-order valence-electron chi connectivity index (χ0n) is 11.9. The predicted octanol–water partition coefficient (Wildman–Crippen LogP) is 2.86. The number of piperidine rings is 1. The summed E-state index contributed by atoms with van der Waals surface area (Å²) in [5, 5.41) is 3.28. The third kappa shape index (κ3) is 3.71. The number of carbonyl (C=O) groups is 1. The van der Waals surface area contributed by atoms with E-state index in [-0.39, 0.29) is 18.3 Å². The lowest BCUT2D eigenvalue weighted by Crippen LogP contribution is -2.46. The van der Waals surface area contributed by atoms with Crippen molar-refractivity contribution in [2.45, 2.75) is 39.2 Å². The Hall–Kier alpha value is -0.580. The Balaban J connectivity index is 0.00000180. The van der Waals surface area contributed by atoms with Crippen LogP contribution in [0, 0.1) is 6.92 Å². The summed E-state index contributed by atoms with van der Waals surface area (Å²) in [5.41, 5.74) is 1.31. The molecule has 1 aromatic rings. The Labute approximate surface area is 125 Å². The molecule has 0 bridgehead atoms. The van der Waals surface area contributed by atoms with E-state index in [0.29, 0.717) is 6.04 Å². The van der Waals surface area contributed by atoms with Crippen molar-refractivity contribution in [1.29, 1.82) is 0 Å². The zero-order valence-corrected chi connectivity index (χ0v) is 13.5. The molecule has 2 rings (SSSR count). The summed E-state index contributed by atoms with van der Waals surface area (Å²) in [7, 11) is 1.98. The molecule has 1 aromatic heterocycles. The molecule has 2 heterocycles. The minimum Gasteiger partial charge on any atom is -0.336 e. The van der Waals surface area contributed by atoms with Crippen LogP contribution in [0.4, 0.5) is 0 Å². The summed E-state index contributed by atoms with van der Waals surface area (Å²) in [5.74, 6) is 0.211. The van der Waals surface area contributed by atoms with Crippen LogP contribution in [0.15, 0.2) is 6.07 Å². The molecule has 3 nitrogen and oxygen atoms in total. The van der Waals surface area contributed by atoms with Crippen LogP contribution in [0.3, 0.4) is 0 Å². The van der Waals surface area contributed by atoms with Crippen molar-refractivity contribution >= 4 is 29.7 Å². The average Bonchev–Trinajstić information content (AvgIpc) is 2.79. The molecular weight excluding hydrogens is 280 g/mol. The first kappa shape index (κ1) is 16.5. The topological polar surface area (TPSA) is 32.3 Å². The molecule has 0 radical (unpaired) electrons. The van der Waals surface area contributed by atoms with Crippen LogP contribution >= 0.6 is 23.7 Å². The lowest BCUT2D eigenvalue weighted by atomic mass is 10.1. The van der Waals surface area contributed by atoms with Gasteiger partial charge in [-0.25, -0.2) is 0 Å². The van der Waals surface area contributed by atoms with Crippen molar-refractivity contribution < 1.29 is 4.79 Å². The molecule has 0 aromatic carbocycles. The molecule has 0 aliphatic carbocycles. The van der Waals surface area contributed by atoms with Gasteiger partial charge in [0.2, 0.25) is 0 Å². The highest BCUT2D eigenvalue weighted by atomic mass is 35.5. The molecule has 1 fully saturated rings. The molecule has 19 heavy (non-hydrogen) atoms. The third-order valence-electron chi connectivity index (χ3n) is 3.73. The Morgan fingerprint density at radius 2 is 2.32 bits per heavy atom. The standard InChI is InChI=1S/C14H22N2OS.ClH/c1-4-11-8-13(18-10(11)2)14(17)16-7-5-6-12(9-16)15-3;/h8,12,15H,4-7,9H2,1-3H3;1H. The molecule has 1 unspecified atom stereocenters. The second-order valence-corrected chi connectivity index (χ2v) is 6.18. The molecule has 0 saturated carbocycles. The molecule has 108 valence electrons. The Morgan fingerprint density at radius 1 is 1.58 bits per heavy atom. The van der Waals surface area contributed by atoms with Crippen molar-refractivity contribution in [3.63, 3.8) is 0 Å². The molecule has 1 aliphatic heterocycles. The minimum absolute atomic E-state index is 0. The number of hydrogen-bond donors (Lipinski definition) is 1. The Morgan fingerprint density at radius 3 is 2.89 bits per heavy atom. The SMILES string of the molecule is CCc1cc(C(=O)N2CCCC(NC)C2)sc1C.Cl. The van der Waals surface area contributed by atoms with E-state index < -0.39 is 0 Å². The summed E-state index contributed by atoms with van der Waals surface area (Å²) in [6.45, 7) is 5.98. The molecule has 1 aliphatic rings. The molecule has 1 N–H and O–H groups in total. The van der Waals surface area contributed by atoms with Crippen LogP contribution in [-0.2, 0) is 6.42 Å². The van der Waals surface area contributed by atoms with E-state index in [9.17, 15) is 4.79 Å². The van der Waals surface area contributed by atoms with E-state index in [1.807, 2.05) is 11.9 Å². The predicted molar refractivity (Wildman–Crippen MR) is 83.7 cm³/mol. The summed E-state index contributed by atoms with van der Waals surface area (Å²) >= 11 is 1.64. The number of thiophene rings is 1. The third-order valence-corrected chi connectivity index (χ3v) is 4.81. The highest BCUT2D eigenvalue weighted by Gasteiger charge is 2.24. The quantitative estimate of drug-likeness (QED) is 0.931. The lowest BCUT2D eigenvalue weighted by Gasteiger charge is -2.32. The van der Waals surface area contributed by atoms with Crippen molar-refractivity contribution in [1.82, 2.24) is 10.2 Å². The number of likely N-dealkylation sites (tertiary alicyclic amines) is 1. The summed E-state index contributed by atoms with van der Waals surface area (Å²) in [6, 6.07) is 2.53. The van der Waals surface area contributed by atoms with Gasteiger partial charge in [0.25, 0.3) is 5.91 Å². The molecule has 1 amide bonds. The van der Waals surface area contributed by atoms with Crippen LogP contribution in [0.1, 0.15) is 39.9 Å². The lowest BCUT2D eigenvalue weighted by molar-refractivity contribution is 0.0703. The van der Waals surface area contributed by atoms with Gasteiger partial charge in [0.1, 0.15) is 0 Å². The van der Waals surface area contributed by atoms with Crippen LogP contribution < -0.4 is 5.32 Å². The van der Waals surface area contributed by atoms with Crippen molar-refractivity contribution in [2.24, 2.45) is 0 Å². The van der Waals surface area contributed by atoms with Crippen molar-refractivity contribution in [2.75, 3.05) is 20.1 Å². The summed E-state index contributed by atoms with van der Waals surface area (Å²) in [6.07, 6.45) is 3.28. The van der Waals surface area contributed by atoms with Crippen molar-refractivity contribution in [3.8, 4) is 0 Å². The summed E-state index contributed by atoms with van der Waals surface area (Å²) in [4.78, 5) is 16.6. The number of aryl methyl sites for hydroxylation is 2. The van der Waals surface area contributed by atoms with Crippen LogP contribution in [0.5, 0.6) is 0 Å². The van der Waals surface area contributed by atoms with E-state index in [1.54, 1.807) is 11.3 Å². The Kier molecular flexibility index (Phi) is 6.30. The average molecular weight is 303 g/mol. The maximum absolute atomic E-state index is 12.5. The number of nitrogens with zero attached hydrogens (tertiary/aromatic N) is 1. The molecule has 0 spiro atoms. The first-order chi connectivity index (χ1) is 8.65. The Bertz CT molecular complexity index is 433. The molecular formula is C14H23ClN2OS. The van der Waals surface area contributed by atoms with Gasteiger partial charge in [0, 0.05) is 24.0 Å². The second kappa shape index (κ2) is 7.27. The van der Waals surface area contributed by atoms with Gasteiger partial charge in [-0.05, 0) is 44.9 Å². The van der Waals surface area contributed by atoms with Gasteiger partial charge in [-0.15, -0.1) is 23.7 Å². The van der Waals surface area contributed by atoms with Gasteiger partial charge in [0.05, 0.1) is 4.88 Å².